The zero-order valence-corrected chi connectivity index (χ0v) is 9.71. The van der Waals surface area contributed by atoms with Crippen LogP contribution in [0.15, 0.2) is 18.2 Å². The second-order valence-corrected chi connectivity index (χ2v) is 4.03. The normalized spacial score (nSPS) is 15.4. The van der Waals surface area contributed by atoms with E-state index >= 15 is 0 Å². The minimum absolute atomic E-state index is 0.0395. The predicted molar refractivity (Wildman–Crippen MR) is 59.1 cm³/mol. The number of hydrogen-bond donors (Lipinski definition) is 0. The van der Waals surface area contributed by atoms with Crippen LogP contribution in [-0.2, 0) is 4.74 Å². The molecule has 1 aromatic carbocycles. The lowest BCUT2D eigenvalue weighted by Gasteiger charge is -2.27. The van der Waals surface area contributed by atoms with Crippen LogP contribution in [0.3, 0.4) is 0 Å². The van der Waals surface area contributed by atoms with Crippen molar-refractivity contribution in [3.05, 3.63) is 29.8 Å². The maximum Gasteiger partial charge on any atom is 0.153 e. The molecule has 7 heteroatoms. The molecule has 0 spiro atoms. The van der Waals surface area contributed by atoms with Crippen molar-refractivity contribution in [3.63, 3.8) is 0 Å². The number of rotatable bonds is 3. The van der Waals surface area contributed by atoms with Crippen molar-refractivity contribution in [2.24, 2.45) is 0 Å². The number of nitrogens with zero attached hydrogens (tertiary/aromatic N) is 4. The van der Waals surface area contributed by atoms with Crippen molar-refractivity contribution < 1.29 is 13.9 Å². The van der Waals surface area contributed by atoms with Gasteiger partial charge in [0.25, 0.3) is 0 Å². The van der Waals surface area contributed by atoms with Gasteiger partial charge in [-0.1, -0.05) is 0 Å². The van der Waals surface area contributed by atoms with Gasteiger partial charge in [-0.3, -0.25) is 0 Å². The van der Waals surface area contributed by atoms with Gasteiger partial charge < -0.3 is 9.47 Å². The number of hydrogen-bond acceptors (Lipinski definition) is 5. The number of tetrazole rings is 1. The average molecular weight is 250 g/mol. The van der Waals surface area contributed by atoms with Crippen LogP contribution in [0.1, 0.15) is 5.82 Å². The molecule has 18 heavy (non-hydrogen) atoms. The molecule has 2 heterocycles. The summed E-state index contributed by atoms with van der Waals surface area (Å²) in [6.45, 7) is 2.80. The number of halogens is 1. The molecule has 2 aromatic rings. The van der Waals surface area contributed by atoms with Crippen molar-refractivity contribution in [2.75, 3.05) is 13.2 Å². The van der Waals surface area contributed by atoms with Gasteiger partial charge in [0.05, 0.1) is 13.2 Å². The van der Waals surface area contributed by atoms with Crippen LogP contribution in [0.5, 0.6) is 5.75 Å². The van der Waals surface area contributed by atoms with Gasteiger partial charge in [-0.15, -0.1) is 5.10 Å². The summed E-state index contributed by atoms with van der Waals surface area (Å²) in [4.78, 5) is 0. The summed E-state index contributed by atoms with van der Waals surface area (Å²) in [7, 11) is 0. The van der Waals surface area contributed by atoms with E-state index in [1.165, 1.54) is 16.8 Å². The van der Waals surface area contributed by atoms with Crippen LogP contribution >= 0.6 is 0 Å². The molecule has 0 amide bonds. The minimum atomic E-state index is -0.361. The lowest BCUT2D eigenvalue weighted by molar-refractivity contribution is -0.0797. The molecular weight excluding hydrogens is 239 g/mol. The van der Waals surface area contributed by atoms with Crippen molar-refractivity contribution in [1.82, 2.24) is 20.2 Å². The van der Waals surface area contributed by atoms with Gasteiger partial charge >= 0.3 is 0 Å². The summed E-state index contributed by atoms with van der Waals surface area (Å²) in [5.74, 6) is 0.662. The maximum atomic E-state index is 13.3. The molecule has 1 aliphatic heterocycles. The van der Waals surface area contributed by atoms with Crippen LogP contribution in [-0.4, -0.2) is 39.5 Å². The highest BCUT2D eigenvalue weighted by Crippen LogP contribution is 2.26. The summed E-state index contributed by atoms with van der Waals surface area (Å²) in [6, 6.07) is 4.27. The van der Waals surface area contributed by atoms with Crippen LogP contribution in [0.4, 0.5) is 4.39 Å². The van der Waals surface area contributed by atoms with E-state index in [1.807, 2.05) is 0 Å². The van der Waals surface area contributed by atoms with E-state index in [2.05, 4.69) is 15.5 Å². The van der Waals surface area contributed by atoms with Crippen molar-refractivity contribution in [2.45, 2.75) is 13.0 Å². The average Bonchev–Trinajstić information content (AvgIpc) is 2.70. The number of benzene rings is 1. The predicted octanol–water partition coefficient (Wildman–Crippen LogP) is 0.887. The third-order valence-electron chi connectivity index (χ3n) is 2.68. The highest BCUT2D eigenvalue weighted by molar-refractivity contribution is 5.46. The molecule has 0 atom stereocenters. The minimum Gasteiger partial charge on any atom is -0.483 e. The smallest absolute Gasteiger partial charge is 0.153 e. The molecule has 0 radical (unpaired) electrons. The monoisotopic (exact) mass is 250 g/mol. The molecule has 0 aliphatic carbocycles. The summed E-state index contributed by atoms with van der Waals surface area (Å²) < 4.78 is 25.5. The standard InChI is InChI=1S/C11H11FN4O2/c1-7-13-14-15-16(7)10-3-2-8(12)4-11(10)18-9-5-17-6-9/h2-4,9H,5-6H2,1H3. The summed E-state index contributed by atoms with van der Waals surface area (Å²) in [5, 5.41) is 11.2. The van der Waals surface area contributed by atoms with Gasteiger partial charge in [-0.05, 0) is 29.5 Å². The first kappa shape index (κ1) is 11.1. The fourth-order valence-corrected chi connectivity index (χ4v) is 1.67. The Morgan fingerprint density at radius 3 is 2.89 bits per heavy atom. The van der Waals surface area contributed by atoms with Crippen molar-refractivity contribution >= 4 is 0 Å². The van der Waals surface area contributed by atoms with Gasteiger partial charge in [0.2, 0.25) is 0 Å². The van der Waals surface area contributed by atoms with Crippen molar-refractivity contribution in [1.29, 1.82) is 0 Å². The van der Waals surface area contributed by atoms with E-state index in [1.54, 1.807) is 13.0 Å². The summed E-state index contributed by atoms with van der Waals surface area (Å²) in [5.41, 5.74) is 0.616. The Bertz CT molecular complexity index is 568. The zero-order chi connectivity index (χ0) is 12.5. The van der Waals surface area contributed by atoms with Crippen LogP contribution in [0, 0.1) is 12.7 Å². The second kappa shape index (κ2) is 4.34. The van der Waals surface area contributed by atoms with E-state index in [4.69, 9.17) is 9.47 Å². The quantitative estimate of drug-likeness (QED) is 0.809. The maximum absolute atomic E-state index is 13.3. The Morgan fingerprint density at radius 1 is 1.44 bits per heavy atom. The largest absolute Gasteiger partial charge is 0.483 e. The Balaban J connectivity index is 1.99. The Kier molecular flexibility index (Phi) is 2.67. The number of ether oxygens (including phenoxy) is 2. The van der Waals surface area contributed by atoms with E-state index < -0.39 is 0 Å². The third-order valence-corrected chi connectivity index (χ3v) is 2.68. The topological polar surface area (TPSA) is 62.1 Å². The van der Waals surface area contributed by atoms with E-state index in [-0.39, 0.29) is 11.9 Å². The molecular formula is C11H11FN4O2. The molecule has 1 aliphatic rings. The first-order chi connectivity index (χ1) is 8.74. The van der Waals surface area contributed by atoms with E-state index in [0.717, 1.165) is 0 Å². The van der Waals surface area contributed by atoms with Gasteiger partial charge in [0, 0.05) is 6.07 Å². The van der Waals surface area contributed by atoms with E-state index in [9.17, 15) is 4.39 Å². The van der Waals surface area contributed by atoms with Gasteiger partial charge in [-0.25, -0.2) is 4.39 Å². The van der Waals surface area contributed by atoms with Gasteiger partial charge in [0.15, 0.2) is 5.82 Å². The number of aryl methyl sites for hydroxylation is 1. The highest BCUT2D eigenvalue weighted by Gasteiger charge is 2.22. The van der Waals surface area contributed by atoms with Crippen LogP contribution in [0.2, 0.25) is 0 Å². The Morgan fingerprint density at radius 2 is 2.28 bits per heavy atom. The van der Waals surface area contributed by atoms with Crippen LogP contribution in [0.25, 0.3) is 5.69 Å². The lowest BCUT2D eigenvalue weighted by atomic mass is 10.2. The molecule has 3 rings (SSSR count). The first-order valence-corrected chi connectivity index (χ1v) is 5.53. The first-order valence-electron chi connectivity index (χ1n) is 5.53. The Labute approximate surface area is 102 Å². The second-order valence-electron chi connectivity index (χ2n) is 4.03. The SMILES string of the molecule is Cc1nnnn1-c1ccc(F)cc1OC1COC1. The summed E-state index contributed by atoms with van der Waals surface area (Å²) in [6.07, 6.45) is -0.0395. The molecule has 0 unspecified atom stereocenters. The molecule has 6 nitrogen and oxygen atoms in total. The molecule has 1 aromatic heterocycles. The zero-order valence-electron chi connectivity index (χ0n) is 9.71. The Hall–Kier alpha value is -2.02. The van der Waals surface area contributed by atoms with Gasteiger partial charge in [-0.2, -0.15) is 4.68 Å². The van der Waals surface area contributed by atoms with E-state index in [0.29, 0.717) is 30.5 Å². The highest BCUT2D eigenvalue weighted by atomic mass is 19.1. The third kappa shape index (κ3) is 1.92. The number of aromatic nitrogens is 4. The summed E-state index contributed by atoms with van der Waals surface area (Å²) >= 11 is 0. The fourth-order valence-electron chi connectivity index (χ4n) is 1.67. The lowest BCUT2D eigenvalue weighted by Crippen LogP contribution is -2.38. The van der Waals surface area contributed by atoms with Crippen molar-refractivity contribution in [3.8, 4) is 11.4 Å². The molecule has 1 fully saturated rings. The molecule has 94 valence electrons. The molecule has 0 saturated carbocycles. The fraction of sp³-hybridized carbons (Fsp3) is 0.364. The van der Waals surface area contributed by atoms with Crippen LogP contribution < -0.4 is 4.74 Å². The van der Waals surface area contributed by atoms with Gasteiger partial charge in [0.1, 0.15) is 23.4 Å². The molecule has 0 N–H and O–H groups in total. The molecule has 1 saturated heterocycles. The molecule has 0 bridgehead atoms.